The molecule has 0 fully saturated rings. The molecule has 98 valence electrons. The maximum Gasteiger partial charge on any atom is 0.417 e. The molecular weight excluding hydrogens is 274 g/mol. The van der Waals surface area contributed by atoms with E-state index in [1.807, 2.05) is 0 Å². The Kier molecular flexibility index (Phi) is 3.47. The minimum absolute atomic E-state index is 0.132. The van der Waals surface area contributed by atoms with Gasteiger partial charge in [0.25, 0.3) is 0 Å². The molecule has 18 heavy (non-hydrogen) atoms. The molecule has 0 amide bonds. The highest BCUT2D eigenvalue weighted by Gasteiger charge is 2.36. The van der Waals surface area contributed by atoms with Gasteiger partial charge >= 0.3 is 6.18 Å². The van der Waals surface area contributed by atoms with Gasteiger partial charge in [0.15, 0.2) is 0 Å². The molecule has 0 bridgehead atoms. The highest BCUT2D eigenvalue weighted by Crippen LogP contribution is 2.34. The van der Waals surface area contributed by atoms with Crippen LogP contribution in [-0.4, -0.2) is 17.7 Å². The standard InChI is InChI=1S/C11H8ClF4NO/c12-5-7-4-10(17-18-7)8-2-1-6(13)3-9(8)11(14,15)16/h1-3,7H,4-5H2. The van der Waals surface area contributed by atoms with Crippen molar-refractivity contribution in [3.63, 3.8) is 0 Å². The first-order chi connectivity index (χ1) is 8.41. The van der Waals surface area contributed by atoms with Crippen LogP contribution >= 0.6 is 11.6 Å². The summed E-state index contributed by atoms with van der Waals surface area (Å²) in [5.41, 5.74) is -1.09. The van der Waals surface area contributed by atoms with Gasteiger partial charge in [-0.1, -0.05) is 5.16 Å². The fourth-order valence-corrected chi connectivity index (χ4v) is 1.84. The van der Waals surface area contributed by atoms with Gasteiger partial charge in [0.05, 0.1) is 17.2 Å². The molecule has 7 heteroatoms. The Balaban J connectivity index is 2.40. The summed E-state index contributed by atoms with van der Waals surface area (Å²) < 4.78 is 51.2. The van der Waals surface area contributed by atoms with E-state index >= 15 is 0 Å². The second-order valence-corrected chi connectivity index (χ2v) is 4.12. The predicted molar refractivity (Wildman–Crippen MR) is 58.1 cm³/mol. The van der Waals surface area contributed by atoms with Crippen molar-refractivity contribution in [2.24, 2.45) is 5.16 Å². The number of nitrogens with zero attached hydrogens (tertiary/aromatic N) is 1. The van der Waals surface area contributed by atoms with Crippen LogP contribution in [0.1, 0.15) is 17.5 Å². The molecule has 2 rings (SSSR count). The van der Waals surface area contributed by atoms with E-state index in [1.54, 1.807) is 0 Å². The Morgan fingerprint density at radius 2 is 2.11 bits per heavy atom. The molecule has 0 N–H and O–H groups in total. The average Bonchev–Trinajstić information content (AvgIpc) is 2.76. The van der Waals surface area contributed by atoms with E-state index in [1.165, 1.54) is 0 Å². The lowest BCUT2D eigenvalue weighted by molar-refractivity contribution is -0.137. The third-order valence-corrected chi connectivity index (χ3v) is 2.85. The third kappa shape index (κ3) is 2.58. The van der Waals surface area contributed by atoms with Crippen molar-refractivity contribution >= 4 is 17.3 Å². The summed E-state index contributed by atoms with van der Waals surface area (Å²) in [7, 11) is 0. The van der Waals surface area contributed by atoms with Crippen molar-refractivity contribution < 1.29 is 22.4 Å². The fourth-order valence-electron chi connectivity index (χ4n) is 1.67. The van der Waals surface area contributed by atoms with Crippen LogP contribution in [0.4, 0.5) is 17.6 Å². The summed E-state index contributed by atoms with van der Waals surface area (Å²) >= 11 is 5.53. The molecule has 1 aliphatic heterocycles. The van der Waals surface area contributed by atoms with Crippen LogP contribution in [0.15, 0.2) is 23.4 Å². The van der Waals surface area contributed by atoms with Gasteiger partial charge < -0.3 is 4.84 Å². The second-order valence-electron chi connectivity index (χ2n) is 3.81. The molecule has 0 aliphatic carbocycles. The zero-order chi connectivity index (χ0) is 13.3. The molecule has 0 radical (unpaired) electrons. The third-order valence-electron chi connectivity index (χ3n) is 2.50. The Morgan fingerprint density at radius 1 is 1.39 bits per heavy atom. The number of rotatable bonds is 2. The lowest BCUT2D eigenvalue weighted by atomic mass is 9.99. The zero-order valence-electron chi connectivity index (χ0n) is 8.97. The molecule has 1 aromatic carbocycles. The highest BCUT2D eigenvalue weighted by molar-refractivity contribution is 6.18. The minimum atomic E-state index is -4.64. The van der Waals surface area contributed by atoms with Crippen LogP contribution in [0.3, 0.4) is 0 Å². The van der Waals surface area contributed by atoms with Crippen LogP contribution in [0, 0.1) is 5.82 Å². The van der Waals surface area contributed by atoms with E-state index in [4.69, 9.17) is 16.4 Å². The SMILES string of the molecule is Fc1ccc(C2=NOC(CCl)C2)c(C(F)(F)F)c1. The van der Waals surface area contributed by atoms with E-state index in [0.29, 0.717) is 6.07 Å². The van der Waals surface area contributed by atoms with Gasteiger partial charge in [-0.3, -0.25) is 0 Å². The molecule has 0 spiro atoms. The summed E-state index contributed by atoms with van der Waals surface area (Å²) in [6.45, 7) is 0. The summed E-state index contributed by atoms with van der Waals surface area (Å²) in [5, 5.41) is 3.57. The summed E-state index contributed by atoms with van der Waals surface area (Å²) in [6.07, 6.45) is -4.90. The van der Waals surface area contributed by atoms with Gasteiger partial charge in [0, 0.05) is 12.0 Å². The molecule has 1 unspecified atom stereocenters. The Bertz CT molecular complexity index is 486. The summed E-state index contributed by atoms with van der Waals surface area (Å²) in [5.74, 6) is -0.810. The maximum absolute atomic E-state index is 12.9. The van der Waals surface area contributed by atoms with Gasteiger partial charge in [-0.05, 0) is 18.2 Å². The molecular formula is C11H8ClF4NO. The van der Waals surface area contributed by atoms with Crippen molar-refractivity contribution in [2.45, 2.75) is 18.7 Å². The van der Waals surface area contributed by atoms with Crippen LogP contribution < -0.4 is 0 Å². The van der Waals surface area contributed by atoms with Gasteiger partial charge in [-0.15, -0.1) is 11.6 Å². The first kappa shape index (κ1) is 13.1. The smallest absolute Gasteiger partial charge is 0.391 e. The zero-order valence-corrected chi connectivity index (χ0v) is 9.72. The van der Waals surface area contributed by atoms with Crippen molar-refractivity contribution in [1.29, 1.82) is 0 Å². The summed E-state index contributed by atoms with van der Waals surface area (Å²) in [6, 6.07) is 2.46. The minimum Gasteiger partial charge on any atom is -0.391 e. The largest absolute Gasteiger partial charge is 0.417 e. The van der Waals surface area contributed by atoms with E-state index in [9.17, 15) is 17.6 Å². The van der Waals surface area contributed by atoms with E-state index in [2.05, 4.69) is 5.16 Å². The number of hydrogen-bond donors (Lipinski definition) is 0. The highest BCUT2D eigenvalue weighted by atomic mass is 35.5. The lowest BCUT2D eigenvalue weighted by Crippen LogP contribution is -2.15. The van der Waals surface area contributed by atoms with Gasteiger partial charge in [0.2, 0.25) is 0 Å². The van der Waals surface area contributed by atoms with Crippen LogP contribution in [0.25, 0.3) is 0 Å². The van der Waals surface area contributed by atoms with Crippen molar-refractivity contribution in [2.75, 3.05) is 5.88 Å². The summed E-state index contributed by atoms with van der Waals surface area (Å²) in [4.78, 5) is 4.86. The topological polar surface area (TPSA) is 21.6 Å². The van der Waals surface area contributed by atoms with E-state index < -0.39 is 23.7 Å². The van der Waals surface area contributed by atoms with Gasteiger partial charge in [-0.2, -0.15) is 13.2 Å². The average molecular weight is 282 g/mol. The molecule has 1 atom stereocenters. The number of alkyl halides is 4. The van der Waals surface area contributed by atoms with Crippen LogP contribution in [0.5, 0.6) is 0 Å². The quantitative estimate of drug-likeness (QED) is 0.600. The van der Waals surface area contributed by atoms with E-state index in [0.717, 1.165) is 12.1 Å². The number of benzene rings is 1. The predicted octanol–water partition coefficient (Wildman–Crippen LogP) is 3.58. The number of oxime groups is 1. The number of hydrogen-bond acceptors (Lipinski definition) is 2. The van der Waals surface area contributed by atoms with Crippen molar-refractivity contribution in [1.82, 2.24) is 0 Å². The van der Waals surface area contributed by atoms with E-state index in [-0.39, 0.29) is 23.6 Å². The Morgan fingerprint density at radius 3 is 2.67 bits per heavy atom. The lowest BCUT2D eigenvalue weighted by Gasteiger charge is -2.12. The number of halogens is 5. The van der Waals surface area contributed by atoms with Crippen molar-refractivity contribution in [3.05, 3.63) is 35.1 Å². The van der Waals surface area contributed by atoms with Crippen molar-refractivity contribution in [3.8, 4) is 0 Å². The second kappa shape index (κ2) is 4.76. The maximum atomic E-state index is 12.9. The first-order valence-electron chi connectivity index (χ1n) is 5.07. The Hall–Kier alpha value is -1.30. The molecule has 0 saturated carbocycles. The fraction of sp³-hybridized carbons (Fsp3) is 0.364. The molecule has 1 aromatic rings. The molecule has 1 heterocycles. The molecule has 0 aromatic heterocycles. The molecule has 0 saturated heterocycles. The monoisotopic (exact) mass is 281 g/mol. The van der Waals surface area contributed by atoms with Crippen LogP contribution in [-0.2, 0) is 11.0 Å². The van der Waals surface area contributed by atoms with Crippen LogP contribution in [0.2, 0.25) is 0 Å². The normalized spacial score (nSPS) is 19.6. The first-order valence-corrected chi connectivity index (χ1v) is 5.61. The van der Waals surface area contributed by atoms with Gasteiger partial charge in [0.1, 0.15) is 11.9 Å². The van der Waals surface area contributed by atoms with Gasteiger partial charge in [-0.25, -0.2) is 4.39 Å². The Labute approximate surface area is 105 Å². The molecule has 2 nitrogen and oxygen atoms in total. The molecule has 1 aliphatic rings.